The van der Waals surface area contributed by atoms with Gasteiger partial charge in [0, 0.05) is 17.3 Å². The molecule has 0 saturated heterocycles. The Hall–Kier alpha value is -2.82. The van der Waals surface area contributed by atoms with Gasteiger partial charge in [-0.25, -0.2) is 0 Å². The smallest absolute Gasteiger partial charge is 0.262 e. The quantitative estimate of drug-likeness (QED) is 0.759. The molecule has 142 valence electrons. The number of ether oxygens (including phenoxy) is 1. The molecule has 1 fully saturated rings. The Bertz CT molecular complexity index is 841. The van der Waals surface area contributed by atoms with Crippen LogP contribution in [0.25, 0.3) is 0 Å². The molecule has 2 amide bonds. The van der Waals surface area contributed by atoms with Crippen molar-refractivity contribution in [3.05, 3.63) is 53.6 Å². The van der Waals surface area contributed by atoms with Gasteiger partial charge in [-0.2, -0.15) is 0 Å². The molecular weight excluding hydrogens is 340 g/mol. The molecule has 2 aromatic rings. The second kappa shape index (κ2) is 8.25. The summed E-state index contributed by atoms with van der Waals surface area (Å²) in [6.07, 6.45) is 1.91. The lowest BCUT2D eigenvalue weighted by atomic mass is 10.0. The van der Waals surface area contributed by atoms with Crippen LogP contribution in [0.15, 0.2) is 42.5 Å². The van der Waals surface area contributed by atoms with Crippen LogP contribution in [0.2, 0.25) is 0 Å². The number of hydrogen-bond acceptors (Lipinski definition) is 3. The van der Waals surface area contributed by atoms with Crippen molar-refractivity contribution in [1.82, 2.24) is 0 Å². The Labute approximate surface area is 160 Å². The monoisotopic (exact) mass is 366 g/mol. The fraction of sp³-hybridized carbons (Fsp3) is 0.364. The van der Waals surface area contributed by atoms with Crippen LogP contribution in [0.5, 0.6) is 5.75 Å². The lowest BCUT2D eigenvalue weighted by molar-refractivity contribution is -0.118. The summed E-state index contributed by atoms with van der Waals surface area (Å²) in [4.78, 5) is 24.1. The van der Waals surface area contributed by atoms with E-state index in [1.807, 2.05) is 31.2 Å². The van der Waals surface area contributed by atoms with E-state index in [1.165, 1.54) is 0 Å². The SMILES string of the molecule is Cc1ccc(C(C)C)c(OCC(=O)Nc2cccc(NC(=O)C3CC3)c2)c1. The highest BCUT2D eigenvalue weighted by molar-refractivity contribution is 5.96. The fourth-order valence-electron chi connectivity index (χ4n) is 2.85. The van der Waals surface area contributed by atoms with Gasteiger partial charge in [0.25, 0.3) is 5.91 Å². The number of amides is 2. The normalized spacial score (nSPS) is 13.3. The molecule has 1 saturated carbocycles. The molecule has 1 aliphatic carbocycles. The van der Waals surface area contributed by atoms with Crippen molar-refractivity contribution in [2.45, 2.75) is 39.5 Å². The first kappa shape index (κ1) is 19.0. The van der Waals surface area contributed by atoms with Gasteiger partial charge < -0.3 is 15.4 Å². The first-order valence-corrected chi connectivity index (χ1v) is 9.36. The van der Waals surface area contributed by atoms with E-state index in [0.717, 1.165) is 29.7 Å². The minimum absolute atomic E-state index is 0.0440. The summed E-state index contributed by atoms with van der Waals surface area (Å²) in [5.74, 6) is 1.00. The van der Waals surface area contributed by atoms with Crippen molar-refractivity contribution in [3.8, 4) is 5.75 Å². The van der Waals surface area contributed by atoms with Gasteiger partial charge in [0.05, 0.1) is 0 Å². The Balaban J connectivity index is 1.58. The Kier molecular flexibility index (Phi) is 5.79. The van der Waals surface area contributed by atoms with E-state index in [0.29, 0.717) is 17.3 Å². The third kappa shape index (κ3) is 5.33. The number of aryl methyl sites for hydroxylation is 1. The van der Waals surface area contributed by atoms with Crippen LogP contribution < -0.4 is 15.4 Å². The predicted octanol–water partition coefficient (Wildman–Crippen LogP) is 4.48. The van der Waals surface area contributed by atoms with Crippen molar-refractivity contribution in [2.24, 2.45) is 5.92 Å². The molecule has 0 bridgehead atoms. The average molecular weight is 366 g/mol. The maximum absolute atomic E-state index is 12.3. The Morgan fingerprint density at radius 3 is 2.44 bits per heavy atom. The minimum atomic E-state index is -0.239. The van der Waals surface area contributed by atoms with Crippen molar-refractivity contribution in [3.63, 3.8) is 0 Å². The van der Waals surface area contributed by atoms with Gasteiger partial charge in [0.15, 0.2) is 6.61 Å². The van der Waals surface area contributed by atoms with E-state index in [9.17, 15) is 9.59 Å². The first-order valence-electron chi connectivity index (χ1n) is 9.36. The zero-order valence-electron chi connectivity index (χ0n) is 16.0. The van der Waals surface area contributed by atoms with E-state index in [1.54, 1.807) is 18.2 Å². The van der Waals surface area contributed by atoms with Gasteiger partial charge in [-0.05, 0) is 61.1 Å². The molecule has 2 aromatic carbocycles. The summed E-state index contributed by atoms with van der Waals surface area (Å²) in [5, 5.41) is 5.70. The van der Waals surface area contributed by atoms with E-state index < -0.39 is 0 Å². The minimum Gasteiger partial charge on any atom is -0.483 e. The molecule has 0 aromatic heterocycles. The molecular formula is C22H26N2O3. The van der Waals surface area contributed by atoms with Crippen molar-refractivity contribution < 1.29 is 14.3 Å². The average Bonchev–Trinajstić information content (AvgIpc) is 3.45. The van der Waals surface area contributed by atoms with Gasteiger partial charge >= 0.3 is 0 Å². The van der Waals surface area contributed by atoms with Crippen molar-refractivity contribution in [1.29, 1.82) is 0 Å². The van der Waals surface area contributed by atoms with E-state index in [4.69, 9.17) is 4.74 Å². The molecule has 0 atom stereocenters. The van der Waals surface area contributed by atoms with Crippen LogP contribution in [0.3, 0.4) is 0 Å². The zero-order valence-corrected chi connectivity index (χ0v) is 16.0. The van der Waals surface area contributed by atoms with Gasteiger partial charge in [-0.3, -0.25) is 9.59 Å². The topological polar surface area (TPSA) is 67.4 Å². The fourth-order valence-corrected chi connectivity index (χ4v) is 2.85. The third-order valence-electron chi connectivity index (χ3n) is 4.51. The van der Waals surface area contributed by atoms with Crippen LogP contribution in [0.4, 0.5) is 11.4 Å². The molecule has 2 N–H and O–H groups in total. The number of benzene rings is 2. The lowest BCUT2D eigenvalue weighted by Gasteiger charge is -2.15. The summed E-state index contributed by atoms with van der Waals surface area (Å²) in [6.45, 7) is 6.12. The number of carbonyl (C=O) groups is 2. The van der Waals surface area contributed by atoms with Gasteiger partial charge in [0.2, 0.25) is 5.91 Å². The third-order valence-corrected chi connectivity index (χ3v) is 4.51. The number of carbonyl (C=O) groups excluding carboxylic acids is 2. The number of nitrogens with one attached hydrogen (secondary N) is 2. The maximum Gasteiger partial charge on any atom is 0.262 e. The van der Waals surface area contributed by atoms with Crippen LogP contribution >= 0.6 is 0 Å². The van der Waals surface area contributed by atoms with Crippen molar-refractivity contribution in [2.75, 3.05) is 17.2 Å². The molecule has 1 aliphatic rings. The molecule has 0 spiro atoms. The highest BCUT2D eigenvalue weighted by Crippen LogP contribution is 2.30. The summed E-state index contributed by atoms with van der Waals surface area (Å²) in [6, 6.07) is 13.2. The largest absolute Gasteiger partial charge is 0.483 e. The lowest BCUT2D eigenvalue weighted by Crippen LogP contribution is -2.21. The zero-order chi connectivity index (χ0) is 19.4. The summed E-state index contributed by atoms with van der Waals surface area (Å²) < 4.78 is 5.77. The first-order chi connectivity index (χ1) is 12.9. The highest BCUT2D eigenvalue weighted by Gasteiger charge is 2.29. The number of hydrogen-bond donors (Lipinski definition) is 2. The van der Waals surface area contributed by atoms with E-state index in [-0.39, 0.29) is 24.3 Å². The summed E-state index contributed by atoms with van der Waals surface area (Å²) >= 11 is 0. The Morgan fingerprint density at radius 2 is 1.78 bits per heavy atom. The van der Waals surface area contributed by atoms with Gasteiger partial charge in [-0.1, -0.05) is 32.0 Å². The van der Waals surface area contributed by atoms with Crippen LogP contribution in [0, 0.1) is 12.8 Å². The molecule has 0 heterocycles. The van der Waals surface area contributed by atoms with Crippen LogP contribution in [0.1, 0.15) is 43.7 Å². The van der Waals surface area contributed by atoms with Crippen LogP contribution in [-0.4, -0.2) is 18.4 Å². The summed E-state index contributed by atoms with van der Waals surface area (Å²) in [7, 11) is 0. The maximum atomic E-state index is 12.3. The molecule has 0 radical (unpaired) electrons. The Morgan fingerprint density at radius 1 is 1.07 bits per heavy atom. The predicted molar refractivity (Wildman–Crippen MR) is 107 cm³/mol. The molecule has 27 heavy (non-hydrogen) atoms. The second-order valence-corrected chi connectivity index (χ2v) is 7.38. The number of anilines is 2. The van der Waals surface area contributed by atoms with Crippen molar-refractivity contribution >= 4 is 23.2 Å². The van der Waals surface area contributed by atoms with E-state index >= 15 is 0 Å². The van der Waals surface area contributed by atoms with E-state index in [2.05, 4.69) is 24.5 Å². The molecule has 5 heteroatoms. The molecule has 0 unspecified atom stereocenters. The number of rotatable bonds is 7. The van der Waals surface area contributed by atoms with Gasteiger partial charge in [0.1, 0.15) is 5.75 Å². The highest BCUT2D eigenvalue weighted by atomic mass is 16.5. The molecule has 5 nitrogen and oxygen atoms in total. The molecule has 0 aliphatic heterocycles. The standard InChI is InChI=1S/C22H26N2O3/c1-14(2)19-10-7-15(3)11-20(19)27-13-21(25)23-17-5-4-6-18(12-17)24-22(26)16-8-9-16/h4-7,10-12,14,16H,8-9,13H2,1-3H3,(H,23,25)(H,24,26). The van der Waals surface area contributed by atoms with Gasteiger partial charge in [-0.15, -0.1) is 0 Å². The second-order valence-electron chi connectivity index (χ2n) is 7.38. The van der Waals surface area contributed by atoms with Crippen LogP contribution in [-0.2, 0) is 9.59 Å². The summed E-state index contributed by atoms with van der Waals surface area (Å²) in [5.41, 5.74) is 3.49. The molecule has 3 rings (SSSR count).